The van der Waals surface area contributed by atoms with Crippen LogP contribution in [0.3, 0.4) is 0 Å². The molecule has 5 heteroatoms. The number of carbonyl (C=O) groups is 1. The minimum absolute atomic E-state index is 0.115. The van der Waals surface area contributed by atoms with Gasteiger partial charge in [-0.1, -0.05) is 59.6 Å². The van der Waals surface area contributed by atoms with E-state index in [9.17, 15) is 4.79 Å². The molecule has 1 amide bonds. The molecule has 1 fully saturated rings. The molecule has 0 spiro atoms. The average Bonchev–Trinajstić information content (AvgIpc) is 2.70. The summed E-state index contributed by atoms with van der Waals surface area (Å²) >= 11 is 12.1. The lowest BCUT2D eigenvalue weighted by Crippen LogP contribution is -2.43. The van der Waals surface area contributed by atoms with Crippen LogP contribution in [0.1, 0.15) is 37.3 Å². The number of benzene rings is 2. The minimum atomic E-state index is 0.115. The van der Waals surface area contributed by atoms with Gasteiger partial charge in [0.1, 0.15) is 0 Å². The molecule has 150 valence electrons. The van der Waals surface area contributed by atoms with E-state index in [1.807, 2.05) is 24.3 Å². The number of hydrogen-bond acceptors (Lipinski definition) is 2. The Kier molecular flexibility index (Phi) is 7.78. The van der Waals surface area contributed by atoms with E-state index < -0.39 is 0 Å². The number of nitrogens with zero attached hydrogens (tertiary/aromatic N) is 1. The highest BCUT2D eigenvalue weighted by Crippen LogP contribution is 2.25. The van der Waals surface area contributed by atoms with Crippen LogP contribution in [0.25, 0.3) is 0 Å². The first-order chi connectivity index (χ1) is 13.5. The molecule has 1 saturated heterocycles. The third-order valence-electron chi connectivity index (χ3n) is 5.45. The molecule has 3 nitrogen and oxygen atoms in total. The highest BCUT2D eigenvalue weighted by Gasteiger charge is 2.25. The zero-order chi connectivity index (χ0) is 19.9. The van der Waals surface area contributed by atoms with E-state index in [-0.39, 0.29) is 17.9 Å². The van der Waals surface area contributed by atoms with Gasteiger partial charge in [0.25, 0.3) is 0 Å². The van der Waals surface area contributed by atoms with Gasteiger partial charge < -0.3 is 5.32 Å². The zero-order valence-corrected chi connectivity index (χ0v) is 17.8. The Bertz CT molecular complexity index is 773. The van der Waals surface area contributed by atoms with Crippen molar-refractivity contribution < 1.29 is 4.79 Å². The monoisotopic (exact) mass is 418 g/mol. The number of carbonyl (C=O) groups excluding carboxylic acids is 1. The number of amides is 1. The van der Waals surface area contributed by atoms with Gasteiger partial charge in [-0.15, -0.1) is 0 Å². The van der Waals surface area contributed by atoms with Crippen LogP contribution in [0.5, 0.6) is 0 Å². The minimum Gasteiger partial charge on any atom is -0.353 e. The number of halogens is 2. The molecular formula is C23H28Cl2N2O. The third-order valence-corrected chi connectivity index (χ3v) is 6.19. The van der Waals surface area contributed by atoms with Crippen molar-refractivity contribution in [2.24, 2.45) is 5.92 Å². The van der Waals surface area contributed by atoms with Crippen molar-refractivity contribution in [2.45, 2.75) is 45.2 Å². The smallest absolute Gasteiger partial charge is 0.223 e. The lowest BCUT2D eigenvalue weighted by atomic mass is 9.95. The number of rotatable bonds is 7. The summed E-state index contributed by atoms with van der Waals surface area (Å²) in [4.78, 5) is 15.0. The van der Waals surface area contributed by atoms with E-state index >= 15 is 0 Å². The first-order valence-corrected chi connectivity index (χ1v) is 10.8. The van der Waals surface area contributed by atoms with Crippen molar-refractivity contribution in [3.05, 3.63) is 69.7 Å². The van der Waals surface area contributed by atoms with Crippen LogP contribution in [0.4, 0.5) is 0 Å². The molecule has 1 aliphatic heterocycles. The summed E-state index contributed by atoms with van der Waals surface area (Å²) < 4.78 is 0. The van der Waals surface area contributed by atoms with Crippen LogP contribution < -0.4 is 5.32 Å². The second-order valence-electron chi connectivity index (χ2n) is 7.73. The van der Waals surface area contributed by atoms with Crippen LogP contribution >= 0.6 is 23.2 Å². The van der Waals surface area contributed by atoms with E-state index in [0.29, 0.717) is 10.0 Å². The van der Waals surface area contributed by atoms with E-state index in [1.165, 1.54) is 5.56 Å². The molecule has 1 heterocycles. The van der Waals surface area contributed by atoms with Crippen LogP contribution in [0, 0.1) is 5.92 Å². The van der Waals surface area contributed by atoms with Gasteiger partial charge in [0.2, 0.25) is 5.91 Å². The Morgan fingerprint density at radius 3 is 2.46 bits per heavy atom. The predicted molar refractivity (Wildman–Crippen MR) is 117 cm³/mol. The normalized spacial score (nSPS) is 16.7. The number of piperidine rings is 1. The topological polar surface area (TPSA) is 32.3 Å². The summed E-state index contributed by atoms with van der Waals surface area (Å²) in [5, 5.41) is 4.39. The third kappa shape index (κ3) is 6.23. The predicted octanol–water partition coefficient (Wildman–Crippen LogP) is 5.34. The highest BCUT2D eigenvalue weighted by molar-refractivity contribution is 6.42. The summed E-state index contributed by atoms with van der Waals surface area (Å²) in [7, 11) is 0. The SMILES string of the molecule is CC(CCc1ccccc1)NC(=O)C1CCN(Cc2ccc(Cl)c(Cl)c2)CC1. The van der Waals surface area contributed by atoms with E-state index in [0.717, 1.165) is 50.9 Å². The standard InChI is InChI=1S/C23H28Cl2N2O/c1-17(7-8-18-5-3-2-4-6-18)26-23(28)20-11-13-27(14-12-20)16-19-9-10-21(24)22(25)15-19/h2-6,9-10,15,17,20H,7-8,11-14,16H2,1H3,(H,26,28). The number of likely N-dealkylation sites (tertiary alicyclic amines) is 1. The van der Waals surface area contributed by atoms with Gasteiger partial charge in [0.15, 0.2) is 0 Å². The van der Waals surface area contributed by atoms with E-state index in [1.54, 1.807) is 0 Å². The Morgan fingerprint density at radius 2 is 1.79 bits per heavy atom. The summed E-state index contributed by atoms with van der Waals surface area (Å²) in [5.74, 6) is 0.319. The molecule has 2 aromatic carbocycles. The second-order valence-corrected chi connectivity index (χ2v) is 8.55. The lowest BCUT2D eigenvalue weighted by molar-refractivity contribution is -0.127. The molecule has 1 atom stereocenters. The summed E-state index contributed by atoms with van der Waals surface area (Å²) in [6.45, 7) is 4.80. The fourth-order valence-electron chi connectivity index (χ4n) is 3.71. The van der Waals surface area contributed by atoms with Crippen LogP contribution in [0.2, 0.25) is 10.0 Å². The maximum Gasteiger partial charge on any atom is 0.223 e. The summed E-state index contributed by atoms with van der Waals surface area (Å²) in [6.07, 6.45) is 3.76. The lowest BCUT2D eigenvalue weighted by Gasteiger charge is -2.32. The van der Waals surface area contributed by atoms with Crippen LogP contribution in [0.15, 0.2) is 48.5 Å². The molecule has 0 bridgehead atoms. The highest BCUT2D eigenvalue weighted by atomic mass is 35.5. The molecule has 0 aliphatic carbocycles. The van der Waals surface area contributed by atoms with Gasteiger partial charge in [0.05, 0.1) is 10.0 Å². The molecule has 0 saturated carbocycles. The second kappa shape index (κ2) is 10.3. The van der Waals surface area contributed by atoms with Crippen molar-refractivity contribution in [2.75, 3.05) is 13.1 Å². The number of nitrogens with one attached hydrogen (secondary N) is 1. The molecule has 28 heavy (non-hydrogen) atoms. The molecule has 2 aromatic rings. The van der Waals surface area contributed by atoms with Gasteiger partial charge in [-0.25, -0.2) is 0 Å². The maximum absolute atomic E-state index is 12.6. The number of aryl methyl sites for hydroxylation is 1. The van der Waals surface area contributed by atoms with E-state index in [4.69, 9.17) is 23.2 Å². The van der Waals surface area contributed by atoms with Crippen LogP contribution in [-0.2, 0) is 17.8 Å². The van der Waals surface area contributed by atoms with Gasteiger partial charge in [0, 0.05) is 18.5 Å². The molecule has 1 aliphatic rings. The quantitative estimate of drug-likeness (QED) is 0.657. The van der Waals surface area contributed by atoms with Crippen molar-refractivity contribution in [1.82, 2.24) is 10.2 Å². The van der Waals surface area contributed by atoms with Gasteiger partial charge in [-0.2, -0.15) is 0 Å². The summed E-state index contributed by atoms with van der Waals surface area (Å²) in [5.41, 5.74) is 2.48. The maximum atomic E-state index is 12.6. The Hall–Kier alpha value is -1.55. The molecule has 0 aromatic heterocycles. The Balaban J connectivity index is 1.40. The largest absolute Gasteiger partial charge is 0.353 e. The van der Waals surface area contributed by atoms with E-state index in [2.05, 4.69) is 41.4 Å². The molecule has 3 rings (SSSR count). The first-order valence-electron chi connectivity index (χ1n) is 10.0. The van der Waals surface area contributed by atoms with Gasteiger partial charge in [-0.3, -0.25) is 9.69 Å². The summed E-state index contributed by atoms with van der Waals surface area (Å²) in [6, 6.07) is 16.4. The van der Waals surface area contributed by atoms with Crippen molar-refractivity contribution in [3.63, 3.8) is 0 Å². The fourth-order valence-corrected chi connectivity index (χ4v) is 4.03. The first kappa shape index (κ1) is 21.2. The molecule has 0 radical (unpaired) electrons. The Labute approximate surface area is 178 Å². The van der Waals surface area contributed by atoms with Crippen molar-refractivity contribution >= 4 is 29.1 Å². The van der Waals surface area contributed by atoms with Gasteiger partial charge >= 0.3 is 0 Å². The molecule has 1 unspecified atom stereocenters. The number of hydrogen-bond donors (Lipinski definition) is 1. The van der Waals surface area contributed by atoms with Gasteiger partial charge in [-0.05, 0) is 69.0 Å². The average molecular weight is 419 g/mol. The zero-order valence-electron chi connectivity index (χ0n) is 16.3. The Morgan fingerprint density at radius 1 is 1.07 bits per heavy atom. The van der Waals surface area contributed by atoms with Crippen molar-refractivity contribution in [3.8, 4) is 0 Å². The van der Waals surface area contributed by atoms with Crippen LogP contribution in [-0.4, -0.2) is 29.9 Å². The molecule has 1 N–H and O–H groups in total. The fraction of sp³-hybridized carbons (Fsp3) is 0.435. The molecular weight excluding hydrogens is 391 g/mol. The van der Waals surface area contributed by atoms with Crippen molar-refractivity contribution in [1.29, 1.82) is 0 Å².